The van der Waals surface area contributed by atoms with Crippen molar-refractivity contribution in [3.63, 3.8) is 0 Å². The van der Waals surface area contributed by atoms with Crippen LogP contribution in [-0.4, -0.2) is 96.7 Å². The molecule has 562 valence electrons. The first kappa shape index (κ1) is 93.5. The summed E-state index contributed by atoms with van der Waals surface area (Å²) < 4.78 is 68.4. The van der Waals surface area contributed by atoms with Crippen molar-refractivity contribution < 1.29 is 80.2 Å². The fourth-order valence-electron chi connectivity index (χ4n) is 9.77. The van der Waals surface area contributed by atoms with Crippen molar-refractivity contribution in [2.75, 3.05) is 39.6 Å². The van der Waals surface area contributed by atoms with Crippen LogP contribution in [0.1, 0.15) is 297 Å². The number of allylic oxidation sites excluding steroid dienone is 20. The zero-order valence-electron chi connectivity index (χ0n) is 61.2. The number of ether oxygens (including phenoxy) is 4. The smallest absolute Gasteiger partial charge is 0.462 e. The highest BCUT2D eigenvalue weighted by atomic mass is 31.2. The Morgan fingerprint density at radius 3 is 0.837 bits per heavy atom. The Morgan fingerprint density at radius 2 is 0.531 bits per heavy atom. The highest BCUT2D eigenvalue weighted by molar-refractivity contribution is 7.47. The number of carbonyl (C=O) groups excluding carboxylic acids is 4. The van der Waals surface area contributed by atoms with Crippen molar-refractivity contribution in [1.82, 2.24) is 0 Å². The van der Waals surface area contributed by atoms with Gasteiger partial charge in [0.05, 0.1) is 26.4 Å². The van der Waals surface area contributed by atoms with Gasteiger partial charge in [-0.3, -0.25) is 37.3 Å². The molecule has 0 aromatic carbocycles. The number of esters is 4. The first-order valence-corrected chi connectivity index (χ1v) is 40.8. The highest BCUT2D eigenvalue weighted by Crippen LogP contribution is 2.45. The van der Waals surface area contributed by atoms with E-state index in [-0.39, 0.29) is 25.7 Å². The monoisotopic (exact) mass is 1420 g/mol. The molecule has 0 saturated heterocycles. The number of aliphatic hydroxyl groups excluding tert-OH is 1. The first-order valence-electron chi connectivity index (χ1n) is 37.8. The summed E-state index contributed by atoms with van der Waals surface area (Å²) in [6, 6.07) is 0. The predicted octanol–water partition coefficient (Wildman–Crippen LogP) is 21.6. The van der Waals surface area contributed by atoms with Gasteiger partial charge < -0.3 is 33.8 Å². The summed E-state index contributed by atoms with van der Waals surface area (Å²) in [6.45, 7) is 4.45. The molecule has 0 aliphatic rings. The lowest BCUT2D eigenvalue weighted by atomic mass is 10.1. The standard InChI is InChI=1S/C79H134O17P2/c1-5-9-13-17-21-25-29-32-35-36-39-41-45-48-52-56-60-64-77(82)90-70-75(96-79(84)66-62-58-54-50-46-42-38-34-31-27-23-19-15-11-7-3)72-94-98(87,88)92-68-73(80)67-91-97(85,86)93-71-74(95-78(83)65-61-57-53-49-43-28-24-20-16-12-8-4)69-89-76(81)63-59-55-51-47-44-40-37-33-30-26-22-18-14-10-6-2/h9-11,13-15,21-23,25-27,32-35,37-38,46,50,73-75,80H,5-8,12,16-20,24,28-31,36,39-45,47-49,51-72H2,1-4H3,(H,85,86)(H,87,88)/b13-9-,14-10-,15-11-,25-21-,26-22-,27-23-,35-32-,37-33-,38-34-,50-46-. The number of unbranched alkanes of at least 4 members (excludes halogenated alkanes) is 24. The minimum Gasteiger partial charge on any atom is -0.462 e. The van der Waals surface area contributed by atoms with Crippen LogP contribution in [0, 0.1) is 0 Å². The number of hydrogen-bond acceptors (Lipinski definition) is 15. The second kappa shape index (κ2) is 70.9. The van der Waals surface area contributed by atoms with E-state index < -0.39 is 97.5 Å². The normalized spacial score (nSPS) is 14.6. The van der Waals surface area contributed by atoms with Gasteiger partial charge in [-0.05, 0) is 128 Å². The van der Waals surface area contributed by atoms with Gasteiger partial charge >= 0.3 is 39.5 Å². The van der Waals surface area contributed by atoms with Gasteiger partial charge in [0.1, 0.15) is 19.3 Å². The van der Waals surface area contributed by atoms with Crippen LogP contribution in [0.5, 0.6) is 0 Å². The molecule has 3 N–H and O–H groups in total. The molecule has 0 aromatic rings. The summed E-state index contributed by atoms with van der Waals surface area (Å²) in [4.78, 5) is 72.8. The fourth-order valence-corrected chi connectivity index (χ4v) is 11.3. The highest BCUT2D eigenvalue weighted by Gasteiger charge is 2.30. The molecule has 0 rings (SSSR count). The molecule has 19 heteroatoms. The third-order valence-electron chi connectivity index (χ3n) is 15.4. The molecule has 5 unspecified atom stereocenters. The first-order chi connectivity index (χ1) is 47.7. The number of hydrogen-bond donors (Lipinski definition) is 3. The van der Waals surface area contributed by atoms with Gasteiger partial charge in [0.15, 0.2) is 12.2 Å². The van der Waals surface area contributed by atoms with E-state index >= 15 is 0 Å². The van der Waals surface area contributed by atoms with E-state index in [4.69, 9.17) is 37.0 Å². The second-order valence-corrected chi connectivity index (χ2v) is 27.7. The zero-order chi connectivity index (χ0) is 71.8. The van der Waals surface area contributed by atoms with Crippen LogP contribution in [0.15, 0.2) is 122 Å². The lowest BCUT2D eigenvalue weighted by Gasteiger charge is -2.21. The molecule has 0 spiro atoms. The Hall–Kier alpha value is -4.54. The zero-order valence-corrected chi connectivity index (χ0v) is 63.0. The minimum absolute atomic E-state index is 0.0383. The minimum atomic E-state index is -4.99. The summed E-state index contributed by atoms with van der Waals surface area (Å²) in [7, 11) is -9.97. The molecule has 17 nitrogen and oxygen atoms in total. The van der Waals surface area contributed by atoms with Crippen LogP contribution in [0.25, 0.3) is 0 Å². The second-order valence-electron chi connectivity index (χ2n) is 24.8. The van der Waals surface area contributed by atoms with Crippen LogP contribution < -0.4 is 0 Å². The molecule has 0 aliphatic heterocycles. The Morgan fingerprint density at radius 1 is 0.296 bits per heavy atom. The average Bonchev–Trinajstić information content (AvgIpc) is 0.980. The van der Waals surface area contributed by atoms with Crippen molar-refractivity contribution >= 4 is 39.5 Å². The third-order valence-corrected chi connectivity index (χ3v) is 17.3. The molecule has 0 amide bonds. The number of phosphoric ester groups is 2. The molecule has 0 bridgehead atoms. The van der Waals surface area contributed by atoms with E-state index in [9.17, 15) is 43.2 Å². The van der Waals surface area contributed by atoms with E-state index in [1.807, 2.05) is 0 Å². The van der Waals surface area contributed by atoms with Gasteiger partial charge in [-0.1, -0.05) is 265 Å². The average molecular weight is 1420 g/mol. The molecular formula is C79H134O17P2. The van der Waals surface area contributed by atoms with Crippen molar-refractivity contribution in [3.8, 4) is 0 Å². The molecule has 5 atom stereocenters. The van der Waals surface area contributed by atoms with Gasteiger partial charge in [0.2, 0.25) is 0 Å². The van der Waals surface area contributed by atoms with Crippen LogP contribution in [0.2, 0.25) is 0 Å². The molecule has 98 heavy (non-hydrogen) atoms. The van der Waals surface area contributed by atoms with E-state index in [0.717, 1.165) is 173 Å². The van der Waals surface area contributed by atoms with Gasteiger partial charge in [-0.25, -0.2) is 9.13 Å². The van der Waals surface area contributed by atoms with Crippen molar-refractivity contribution in [3.05, 3.63) is 122 Å². The van der Waals surface area contributed by atoms with Crippen molar-refractivity contribution in [2.45, 2.75) is 316 Å². The Labute approximate surface area is 593 Å². The number of phosphoric acid groups is 2. The fraction of sp³-hybridized carbons (Fsp3) is 0.696. The van der Waals surface area contributed by atoms with Crippen LogP contribution in [0.3, 0.4) is 0 Å². The SMILES string of the molecule is CC/C=C\C/C=C\C/C=C\C/C=C\CCCCC(=O)OC(COC(=O)CCCCCCCCC/C=C\C/C=C\C/C=C\CC)COP(=O)(O)OCC(O)COP(=O)(O)OCC(COC(=O)CCCCCCC/C=C\C/C=C\C/C=C\CC)OC(=O)CCCCCCCCCCCCC. The predicted molar refractivity (Wildman–Crippen MR) is 399 cm³/mol. The van der Waals surface area contributed by atoms with E-state index in [1.54, 1.807) is 0 Å². The summed E-state index contributed by atoms with van der Waals surface area (Å²) in [5.74, 6) is -2.25. The Kier molecular flexibility index (Phi) is 67.6. The van der Waals surface area contributed by atoms with E-state index in [2.05, 4.69) is 149 Å². The Balaban J connectivity index is 5.37. The van der Waals surface area contributed by atoms with Crippen molar-refractivity contribution in [2.24, 2.45) is 0 Å². The maximum atomic E-state index is 13.1. The molecule has 0 heterocycles. The van der Waals surface area contributed by atoms with Gasteiger partial charge in [0.25, 0.3) is 0 Å². The number of carbonyl (C=O) groups is 4. The van der Waals surface area contributed by atoms with Crippen molar-refractivity contribution in [1.29, 1.82) is 0 Å². The van der Waals surface area contributed by atoms with Gasteiger partial charge in [0, 0.05) is 25.7 Å². The lowest BCUT2D eigenvalue weighted by Crippen LogP contribution is -2.30. The summed E-state index contributed by atoms with van der Waals surface area (Å²) in [5.41, 5.74) is 0. The summed E-state index contributed by atoms with van der Waals surface area (Å²) in [6.07, 6.45) is 76.3. The molecule has 0 aromatic heterocycles. The molecular weight excluding hydrogens is 1280 g/mol. The van der Waals surface area contributed by atoms with Gasteiger partial charge in [-0.15, -0.1) is 0 Å². The van der Waals surface area contributed by atoms with E-state index in [0.29, 0.717) is 32.1 Å². The van der Waals surface area contributed by atoms with Crippen LogP contribution >= 0.6 is 15.6 Å². The maximum absolute atomic E-state index is 13.1. The molecule has 0 saturated carbocycles. The number of rotatable bonds is 70. The van der Waals surface area contributed by atoms with Crippen LogP contribution in [0.4, 0.5) is 0 Å². The third kappa shape index (κ3) is 69.9. The van der Waals surface area contributed by atoms with Gasteiger partial charge in [-0.2, -0.15) is 0 Å². The summed E-state index contributed by atoms with van der Waals surface area (Å²) >= 11 is 0. The summed E-state index contributed by atoms with van der Waals surface area (Å²) in [5, 5.41) is 10.6. The Bertz CT molecular complexity index is 2340. The number of aliphatic hydroxyl groups is 1. The molecule has 0 aliphatic carbocycles. The largest absolute Gasteiger partial charge is 0.472 e. The van der Waals surface area contributed by atoms with E-state index in [1.165, 1.54) is 38.5 Å². The van der Waals surface area contributed by atoms with Crippen LogP contribution in [-0.2, 0) is 65.4 Å². The lowest BCUT2D eigenvalue weighted by molar-refractivity contribution is -0.161. The quantitative estimate of drug-likeness (QED) is 0.0169. The molecule has 0 fully saturated rings. The maximum Gasteiger partial charge on any atom is 0.472 e. The molecule has 0 radical (unpaired) electrons. The topological polar surface area (TPSA) is 237 Å².